The molecule has 1 aliphatic heterocycles. The number of amides is 1. The van der Waals surface area contributed by atoms with Crippen molar-refractivity contribution in [1.82, 2.24) is 0 Å². The summed E-state index contributed by atoms with van der Waals surface area (Å²) in [7, 11) is 0. The van der Waals surface area contributed by atoms with Crippen LogP contribution in [0.3, 0.4) is 0 Å². The van der Waals surface area contributed by atoms with E-state index in [1.807, 2.05) is 6.07 Å². The number of nitrogen functional groups attached to an aromatic ring is 1. The zero-order chi connectivity index (χ0) is 15.0. The van der Waals surface area contributed by atoms with Gasteiger partial charge in [0.05, 0.1) is 10.7 Å². The monoisotopic (exact) mass is 300 g/mol. The molecule has 21 heavy (non-hydrogen) atoms. The van der Waals surface area contributed by atoms with E-state index in [2.05, 4.69) is 5.32 Å². The summed E-state index contributed by atoms with van der Waals surface area (Å²) in [6.07, 6.45) is 1.09. The molecule has 1 heterocycles. The van der Waals surface area contributed by atoms with Crippen LogP contribution in [0.25, 0.3) is 0 Å². The van der Waals surface area contributed by atoms with Crippen molar-refractivity contribution >= 4 is 34.7 Å². The van der Waals surface area contributed by atoms with Crippen molar-refractivity contribution in [2.75, 3.05) is 11.1 Å². The molecule has 4 nitrogen and oxygen atoms in total. The number of hydrogen-bond donors (Lipinski definition) is 2. The van der Waals surface area contributed by atoms with Gasteiger partial charge in [0.25, 0.3) is 0 Å². The van der Waals surface area contributed by atoms with Gasteiger partial charge in [-0.2, -0.15) is 0 Å². The number of nitrogens with one attached hydrogen (secondary N) is 1. The van der Waals surface area contributed by atoms with E-state index in [9.17, 15) is 9.59 Å². The minimum Gasteiger partial charge on any atom is -0.398 e. The minimum atomic E-state index is -0.113. The number of hydrogen-bond acceptors (Lipinski definition) is 3. The van der Waals surface area contributed by atoms with Gasteiger partial charge in [-0.25, -0.2) is 0 Å². The number of nitrogens with two attached hydrogens (primary N) is 1. The lowest BCUT2D eigenvalue weighted by atomic mass is 9.96. The predicted molar refractivity (Wildman–Crippen MR) is 82.7 cm³/mol. The molecule has 0 fully saturated rings. The molecule has 0 aromatic heterocycles. The first-order chi connectivity index (χ1) is 10.0. The third-order valence-electron chi connectivity index (χ3n) is 3.52. The van der Waals surface area contributed by atoms with Crippen molar-refractivity contribution < 1.29 is 9.59 Å². The molecule has 0 unspecified atom stereocenters. The third kappa shape index (κ3) is 2.62. The largest absolute Gasteiger partial charge is 0.398 e. The molecule has 3 N–H and O–H groups in total. The molecule has 5 heteroatoms. The number of benzene rings is 2. The highest BCUT2D eigenvalue weighted by molar-refractivity contribution is 6.33. The number of anilines is 2. The first-order valence-corrected chi connectivity index (χ1v) is 6.95. The van der Waals surface area contributed by atoms with Crippen LogP contribution >= 0.6 is 11.6 Å². The van der Waals surface area contributed by atoms with E-state index in [-0.39, 0.29) is 11.7 Å². The zero-order valence-electron chi connectivity index (χ0n) is 11.2. The second-order valence-corrected chi connectivity index (χ2v) is 5.39. The summed E-state index contributed by atoms with van der Waals surface area (Å²) in [5.74, 6) is -0.106. The maximum Gasteiger partial charge on any atom is 0.224 e. The number of rotatable bonds is 2. The molecule has 1 amide bonds. The molecule has 0 radical (unpaired) electrons. The summed E-state index contributed by atoms with van der Waals surface area (Å²) in [5, 5.41) is 3.22. The van der Waals surface area contributed by atoms with Gasteiger partial charge in [-0.05, 0) is 48.4 Å². The van der Waals surface area contributed by atoms with Crippen LogP contribution in [0, 0.1) is 0 Å². The maximum atomic E-state index is 12.5. The van der Waals surface area contributed by atoms with Crippen LogP contribution in [0.2, 0.25) is 5.02 Å². The second-order valence-electron chi connectivity index (χ2n) is 4.99. The van der Waals surface area contributed by atoms with Gasteiger partial charge in [0, 0.05) is 23.2 Å². The normalized spacial score (nSPS) is 13.5. The number of aryl methyl sites for hydroxylation is 1. The molecule has 106 valence electrons. The van der Waals surface area contributed by atoms with Crippen molar-refractivity contribution in [1.29, 1.82) is 0 Å². The van der Waals surface area contributed by atoms with Gasteiger partial charge in [-0.3, -0.25) is 9.59 Å². The number of ketones is 1. The Morgan fingerprint density at radius 1 is 1.10 bits per heavy atom. The molecule has 0 bridgehead atoms. The van der Waals surface area contributed by atoms with Gasteiger partial charge >= 0.3 is 0 Å². The molecule has 3 rings (SSSR count). The fourth-order valence-electron chi connectivity index (χ4n) is 2.38. The van der Waals surface area contributed by atoms with Crippen LogP contribution in [-0.4, -0.2) is 11.7 Å². The average Bonchev–Trinajstić information content (AvgIpc) is 2.49. The SMILES string of the molecule is Nc1cc(C(=O)c2ccc3c(c2)CCC(=O)N3)ccc1Cl. The summed E-state index contributed by atoms with van der Waals surface area (Å²) in [5.41, 5.74) is 8.94. The lowest BCUT2D eigenvalue weighted by Crippen LogP contribution is -2.19. The van der Waals surface area contributed by atoms with Gasteiger partial charge in [0.15, 0.2) is 5.78 Å². The summed E-state index contributed by atoms with van der Waals surface area (Å²) >= 11 is 5.86. The van der Waals surface area contributed by atoms with Crippen molar-refractivity contribution in [3.8, 4) is 0 Å². The molecule has 2 aromatic carbocycles. The summed E-state index contributed by atoms with van der Waals surface area (Å²) in [4.78, 5) is 23.8. The minimum absolute atomic E-state index is 0.00653. The molecule has 0 saturated heterocycles. The van der Waals surface area contributed by atoms with E-state index in [0.29, 0.717) is 34.7 Å². The highest BCUT2D eigenvalue weighted by Crippen LogP contribution is 2.26. The topological polar surface area (TPSA) is 72.2 Å². The van der Waals surface area contributed by atoms with Crippen molar-refractivity contribution in [2.24, 2.45) is 0 Å². The fourth-order valence-corrected chi connectivity index (χ4v) is 2.49. The summed E-state index contributed by atoms with van der Waals surface area (Å²) in [6, 6.07) is 10.1. The second kappa shape index (κ2) is 5.22. The predicted octanol–water partition coefficient (Wildman–Crippen LogP) is 3.04. The Balaban J connectivity index is 1.95. The quantitative estimate of drug-likeness (QED) is 0.661. The smallest absolute Gasteiger partial charge is 0.224 e. The van der Waals surface area contributed by atoms with Crippen LogP contribution in [0.5, 0.6) is 0 Å². The lowest BCUT2D eigenvalue weighted by molar-refractivity contribution is -0.116. The van der Waals surface area contributed by atoms with Gasteiger partial charge < -0.3 is 11.1 Å². The van der Waals surface area contributed by atoms with E-state index >= 15 is 0 Å². The Labute approximate surface area is 126 Å². The van der Waals surface area contributed by atoms with Crippen LogP contribution in [0.1, 0.15) is 27.9 Å². The molecule has 0 saturated carbocycles. The lowest BCUT2D eigenvalue weighted by Gasteiger charge is -2.17. The Bertz CT molecular complexity index is 756. The Kier molecular flexibility index (Phi) is 3.39. The molecular weight excluding hydrogens is 288 g/mol. The van der Waals surface area contributed by atoms with E-state index in [0.717, 1.165) is 11.3 Å². The molecule has 1 aliphatic rings. The molecule has 0 aliphatic carbocycles. The van der Waals surface area contributed by atoms with E-state index in [1.165, 1.54) is 0 Å². The Morgan fingerprint density at radius 3 is 2.57 bits per heavy atom. The van der Waals surface area contributed by atoms with Crippen molar-refractivity contribution in [3.63, 3.8) is 0 Å². The first kappa shape index (κ1) is 13.6. The van der Waals surface area contributed by atoms with Gasteiger partial charge in [-0.15, -0.1) is 0 Å². The fraction of sp³-hybridized carbons (Fsp3) is 0.125. The van der Waals surface area contributed by atoms with Crippen LogP contribution in [0.15, 0.2) is 36.4 Å². The number of halogens is 1. The summed E-state index contributed by atoms with van der Waals surface area (Å²) in [6.45, 7) is 0. The molecule has 0 atom stereocenters. The number of carbonyl (C=O) groups excluding carboxylic acids is 2. The van der Waals surface area contributed by atoms with Crippen LogP contribution in [0.4, 0.5) is 11.4 Å². The zero-order valence-corrected chi connectivity index (χ0v) is 11.9. The Morgan fingerprint density at radius 2 is 1.81 bits per heavy atom. The van der Waals surface area contributed by atoms with Crippen LogP contribution < -0.4 is 11.1 Å². The van der Waals surface area contributed by atoms with Crippen molar-refractivity contribution in [3.05, 3.63) is 58.1 Å². The summed E-state index contributed by atoms with van der Waals surface area (Å²) < 4.78 is 0. The van der Waals surface area contributed by atoms with Crippen LogP contribution in [-0.2, 0) is 11.2 Å². The maximum absolute atomic E-state index is 12.5. The average molecular weight is 301 g/mol. The van der Waals surface area contributed by atoms with E-state index in [1.54, 1.807) is 30.3 Å². The van der Waals surface area contributed by atoms with Gasteiger partial charge in [-0.1, -0.05) is 11.6 Å². The standard InChI is InChI=1S/C16H13ClN2O2/c17-12-4-1-11(8-13(12)18)16(21)10-2-5-14-9(7-10)3-6-15(20)19-14/h1-2,4-5,7-8H,3,6,18H2,(H,19,20). The Hall–Kier alpha value is -2.33. The van der Waals surface area contributed by atoms with E-state index in [4.69, 9.17) is 17.3 Å². The molecule has 0 spiro atoms. The highest BCUT2D eigenvalue weighted by atomic mass is 35.5. The first-order valence-electron chi connectivity index (χ1n) is 6.57. The number of carbonyl (C=O) groups is 2. The molecular formula is C16H13ClN2O2. The highest BCUT2D eigenvalue weighted by Gasteiger charge is 2.17. The van der Waals surface area contributed by atoms with E-state index < -0.39 is 0 Å². The third-order valence-corrected chi connectivity index (χ3v) is 3.87. The number of fused-ring (bicyclic) bond motifs is 1. The van der Waals surface area contributed by atoms with Gasteiger partial charge in [0.1, 0.15) is 0 Å². The van der Waals surface area contributed by atoms with Gasteiger partial charge in [0.2, 0.25) is 5.91 Å². The molecule has 2 aromatic rings. The van der Waals surface area contributed by atoms with Crippen molar-refractivity contribution in [2.45, 2.75) is 12.8 Å².